The number of amides is 1. The van der Waals surface area contributed by atoms with E-state index in [1.165, 1.54) is 0 Å². The van der Waals surface area contributed by atoms with Crippen LogP contribution in [-0.2, 0) is 18.3 Å². The highest BCUT2D eigenvalue weighted by Crippen LogP contribution is 2.21. The van der Waals surface area contributed by atoms with Crippen LogP contribution in [-0.4, -0.2) is 22.6 Å². The first kappa shape index (κ1) is 16.1. The number of fused-ring (bicyclic) bond motifs is 1. The van der Waals surface area contributed by atoms with Gasteiger partial charge in [0.1, 0.15) is 11.6 Å². The summed E-state index contributed by atoms with van der Waals surface area (Å²) in [6, 6.07) is 13.6. The molecular formula is C19H21N3O2. The Morgan fingerprint density at radius 3 is 2.83 bits per heavy atom. The van der Waals surface area contributed by atoms with Crippen LogP contribution in [0.4, 0.5) is 5.69 Å². The fourth-order valence-electron chi connectivity index (χ4n) is 2.78. The minimum atomic E-state index is -0.0205. The number of hydrogen-bond donors (Lipinski definition) is 1. The number of anilines is 1. The average Bonchev–Trinajstić information content (AvgIpc) is 2.87. The number of methoxy groups -OCH3 is 1. The monoisotopic (exact) mass is 323 g/mol. The van der Waals surface area contributed by atoms with Crippen LogP contribution in [0, 0.1) is 6.92 Å². The SMILES string of the molecule is COc1ccccc1CCC(=O)Nc1ccc2c(c1)nc(C)n2C. The lowest BCUT2D eigenvalue weighted by atomic mass is 10.1. The summed E-state index contributed by atoms with van der Waals surface area (Å²) < 4.78 is 7.35. The molecule has 3 aromatic rings. The Kier molecular flexibility index (Phi) is 4.51. The van der Waals surface area contributed by atoms with Crippen LogP contribution in [0.3, 0.4) is 0 Å². The van der Waals surface area contributed by atoms with Crippen LogP contribution >= 0.6 is 0 Å². The lowest BCUT2D eigenvalue weighted by molar-refractivity contribution is -0.116. The molecule has 5 nitrogen and oxygen atoms in total. The Morgan fingerprint density at radius 1 is 1.25 bits per heavy atom. The topological polar surface area (TPSA) is 56.1 Å². The third-order valence-corrected chi connectivity index (χ3v) is 4.20. The predicted molar refractivity (Wildman–Crippen MR) is 95.4 cm³/mol. The molecule has 1 heterocycles. The molecule has 1 N–H and O–H groups in total. The van der Waals surface area contributed by atoms with E-state index in [4.69, 9.17) is 4.74 Å². The normalized spacial score (nSPS) is 10.8. The van der Waals surface area contributed by atoms with Crippen molar-refractivity contribution in [3.8, 4) is 5.75 Å². The Balaban J connectivity index is 1.66. The number of imidazole rings is 1. The highest BCUT2D eigenvalue weighted by Gasteiger charge is 2.09. The molecule has 0 fully saturated rings. The van der Waals surface area contributed by atoms with Gasteiger partial charge in [-0.1, -0.05) is 18.2 Å². The zero-order valence-corrected chi connectivity index (χ0v) is 14.2. The van der Waals surface area contributed by atoms with Gasteiger partial charge < -0.3 is 14.6 Å². The van der Waals surface area contributed by atoms with Gasteiger partial charge in [0.05, 0.1) is 18.1 Å². The number of aryl methyl sites for hydroxylation is 3. The molecule has 24 heavy (non-hydrogen) atoms. The van der Waals surface area contributed by atoms with E-state index in [1.54, 1.807) is 7.11 Å². The lowest BCUT2D eigenvalue weighted by Gasteiger charge is -2.08. The predicted octanol–water partition coefficient (Wildman–Crippen LogP) is 3.46. The van der Waals surface area contributed by atoms with E-state index >= 15 is 0 Å². The molecule has 2 aromatic carbocycles. The van der Waals surface area contributed by atoms with Gasteiger partial charge >= 0.3 is 0 Å². The second kappa shape index (κ2) is 6.74. The molecule has 5 heteroatoms. The summed E-state index contributed by atoms with van der Waals surface area (Å²) in [5, 5.41) is 2.94. The van der Waals surface area contributed by atoms with Crippen LogP contribution in [0.2, 0.25) is 0 Å². The quantitative estimate of drug-likeness (QED) is 0.782. The Morgan fingerprint density at radius 2 is 2.04 bits per heavy atom. The van der Waals surface area contributed by atoms with Crippen molar-refractivity contribution in [1.29, 1.82) is 0 Å². The van der Waals surface area contributed by atoms with Gasteiger partial charge in [0, 0.05) is 19.2 Å². The average molecular weight is 323 g/mol. The van der Waals surface area contributed by atoms with Gasteiger partial charge in [-0.2, -0.15) is 0 Å². The van der Waals surface area contributed by atoms with Crippen molar-refractivity contribution in [1.82, 2.24) is 9.55 Å². The molecule has 0 radical (unpaired) electrons. The number of rotatable bonds is 5. The number of nitrogens with one attached hydrogen (secondary N) is 1. The summed E-state index contributed by atoms with van der Waals surface area (Å²) in [4.78, 5) is 16.7. The van der Waals surface area contributed by atoms with Gasteiger partial charge in [-0.05, 0) is 43.2 Å². The molecule has 124 valence electrons. The van der Waals surface area contributed by atoms with Gasteiger partial charge in [0.2, 0.25) is 5.91 Å². The summed E-state index contributed by atoms with van der Waals surface area (Å²) in [5.74, 6) is 1.74. The number of carbonyl (C=O) groups is 1. The van der Waals surface area contributed by atoms with Crippen LogP contribution in [0.1, 0.15) is 17.8 Å². The van der Waals surface area contributed by atoms with Crippen molar-refractivity contribution in [2.24, 2.45) is 7.05 Å². The number of aromatic nitrogens is 2. The van der Waals surface area contributed by atoms with Crippen LogP contribution < -0.4 is 10.1 Å². The molecule has 3 rings (SSSR count). The third kappa shape index (κ3) is 3.25. The van der Waals surface area contributed by atoms with Crippen molar-refractivity contribution >= 4 is 22.6 Å². The smallest absolute Gasteiger partial charge is 0.224 e. The van der Waals surface area contributed by atoms with Gasteiger partial charge in [0.15, 0.2) is 0 Å². The molecule has 0 unspecified atom stereocenters. The molecule has 0 bridgehead atoms. The fourth-order valence-corrected chi connectivity index (χ4v) is 2.78. The highest BCUT2D eigenvalue weighted by molar-refractivity contribution is 5.93. The molecule has 0 saturated carbocycles. The lowest BCUT2D eigenvalue weighted by Crippen LogP contribution is -2.12. The second-order valence-electron chi connectivity index (χ2n) is 5.78. The maximum Gasteiger partial charge on any atom is 0.224 e. The molecular weight excluding hydrogens is 302 g/mol. The minimum Gasteiger partial charge on any atom is -0.496 e. The summed E-state index contributed by atoms with van der Waals surface area (Å²) in [5.41, 5.74) is 3.74. The van der Waals surface area contributed by atoms with E-state index in [2.05, 4.69) is 10.3 Å². The second-order valence-corrected chi connectivity index (χ2v) is 5.78. The van der Waals surface area contributed by atoms with Crippen molar-refractivity contribution in [2.45, 2.75) is 19.8 Å². The van der Waals surface area contributed by atoms with E-state index in [0.29, 0.717) is 12.8 Å². The van der Waals surface area contributed by atoms with Gasteiger partial charge in [0.25, 0.3) is 0 Å². The molecule has 0 aliphatic rings. The van der Waals surface area contributed by atoms with E-state index < -0.39 is 0 Å². The van der Waals surface area contributed by atoms with Crippen molar-refractivity contribution in [2.75, 3.05) is 12.4 Å². The molecule has 1 amide bonds. The first-order valence-electron chi connectivity index (χ1n) is 7.93. The van der Waals surface area contributed by atoms with E-state index in [-0.39, 0.29) is 5.91 Å². The molecule has 1 aromatic heterocycles. The first-order chi connectivity index (χ1) is 11.6. The third-order valence-electron chi connectivity index (χ3n) is 4.20. The van der Waals surface area contributed by atoms with E-state index in [1.807, 2.05) is 61.0 Å². The van der Waals surface area contributed by atoms with Crippen molar-refractivity contribution in [3.63, 3.8) is 0 Å². The fraction of sp³-hybridized carbons (Fsp3) is 0.263. The molecule has 0 aliphatic carbocycles. The molecule has 0 spiro atoms. The van der Waals surface area contributed by atoms with Crippen LogP contribution in [0.25, 0.3) is 11.0 Å². The Labute approximate surface area is 141 Å². The Bertz CT molecular complexity index is 883. The number of nitrogens with zero attached hydrogens (tertiary/aromatic N) is 2. The summed E-state index contributed by atoms with van der Waals surface area (Å²) >= 11 is 0. The Hall–Kier alpha value is -2.82. The summed E-state index contributed by atoms with van der Waals surface area (Å²) in [7, 11) is 3.62. The summed E-state index contributed by atoms with van der Waals surface area (Å²) in [6.07, 6.45) is 1.04. The van der Waals surface area contributed by atoms with Crippen LogP contribution in [0.15, 0.2) is 42.5 Å². The van der Waals surface area contributed by atoms with Crippen molar-refractivity contribution < 1.29 is 9.53 Å². The van der Waals surface area contributed by atoms with Gasteiger partial charge in [-0.25, -0.2) is 4.98 Å². The highest BCUT2D eigenvalue weighted by atomic mass is 16.5. The molecule has 0 aliphatic heterocycles. The first-order valence-corrected chi connectivity index (χ1v) is 7.93. The molecule has 0 saturated heterocycles. The van der Waals surface area contributed by atoms with Gasteiger partial charge in [-0.15, -0.1) is 0 Å². The number of para-hydroxylation sites is 1. The van der Waals surface area contributed by atoms with E-state index in [0.717, 1.165) is 33.9 Å². The number of benzene rings is 2. The number of ether oxygens (including phenoxy) is 1. The standard InChI is InChI=1S/C19H21N3O2/c1-13-20-16-12-15(9-10-17(16)22(13)2)21-19(23)11-8-14-6-4-5-7-18(14)24-3/h4-7,9-10,12H,8,11H2,1-3H3,(H,21,23). The number of hydrogen-bond acceptors (Lipinski definition) is 3. The summed E-state index contributed by atoms with van der Waals surface area (Å²) in [6.45, 7) is 1.96. The molecule has 0 atom stereocenters. The minimum absolute atomic E-state index is 0.0205. The maximum atomic E-state index is 12.2. The zero-order valence-electron chi connectivity index (χ0n) is 14.2. The zero-order chi connectivity index (χ0) is 17.1. The van der Waals surface area contributed by atoms with Gasteiger partial charge in [-0.3, -0.25) is 4.79 Å². The largest absolute Gasteiger partial charge is 0.496 e. The van der Waals surface area contributed by atoms with Crippen molar-refractivity contribution in [3.05, 3.63) is 53.9 Å². The van der Waals surface area contributed by atoms with E-state index in [9.17, 15) is 4.79 Å². The number of carbonyl (C=O) groups excluding carboxylic acids is 1. The maximum absolute atomic E-state index is 12.2. The van der Waals surface area contributed by atoms with Crippen LogP contribution in [0.5, 0.6) is 5.75 Å².